The summed E-state index contributed by atoms with van der Waals surface area (Å²) >= 11 is 0. The number of aromatic nitrogens is 3. The summed E-state index contributed by atoms with van der Waals surface area (Å²) in [6.45, 7) is 2.39. The largest absolute Gasteiger partial charge is 0.463 e. The predicted octanol–water partition coefficient (Wildman–Crippen LogP) is 2.68. The average molecular weight is 310 g/mol. The first-order chi connectivity index (χ1) is 11.2. The van der Waals surface area contributed by atoms with Crippen LogP contribution in [-0.2, 0) is 6.54 Å². The molecule has 3 heterocycles. The zero-order chi connectivity index (χ0) is 16.2. The van der Waals surface area contributed by atoms with E-state index in [1.165, 1.54) is 0 Å². The highest BCUT2D eigenvalue weighted by atomic mass is 16.3. The molecule has 0 atom stereocenters. The van der Waals surface area contributed by atoms with E-state index < -0.39 is 0 Å². The van der Waals surface area contributed by atoms with Crippen molar-refractivity contribution < 1.29 is 4.42 Å². The van der Waals surface area contributed by atoms with Gasteiger partial charge in [-0.3, -0.25) is 4.98 Å². The van der Waals surface area contributed by atoms with Gasteiger partial charge in [0.15, 0.2) is 17.4 Å². The highest BCUT2D eigenvalue weighted by molar-refractivity contribution is 5.75. The number of pyridine rings is 1. The third-order valence-corrected chi connectivity index (χ3v) is 3.36. The van der Waals surface area contributed by atoms with Gasteiger partial charge in [-0.05, 0) is 30.7 Å². The second-order valence-corrected chi connectivity index (χ2v) is 5.01. The molecule has 0 amide bonds. The van der Waals surface area contributed by atoms with Crippen molar-refractivity contribution in [3.63, 3.8) is 0 Å². The van der Waals surface area contributed by atoms with E-state index in [2.05, 4.69) is 25.6 Å². The van der Waals surface area contributed by atoms with Crippen LogP contribution in [0.3, 0.4) is 0 Å². The molecule has 0 aliphatic rings. The van der Waals surface area contributed by atoms with Gasteiger partial charge in [-0.15, -0.1) is 0 Å². The molecule has 4 N–H and O–H groups in total. The molecule has 3 rings (SSSR count). The Hall–Kier alpha value is -3.09. The lowest BCUT2D eigenvalue weighted by Gasteiger charge is -2.13. The average Bonchev–Trinajstić information content (AvgIpc) is 3.07. The Morgan fingerprint density at radius 2 is 2.09 bits per heavy atom. The molecule has 118 valence electrons. The lowest BCUT2D eigenvalue weighted by atomic mass is 10.2. The maximum absolute atomic E-state index is 5.90. The molecule has 0 aromatic carbocycles. The van der Waals surface area contributed by atoms with Gasteiger partial charge in [-0.2, -0.15) is 0 Å². The fourth-order valence-corrected chi connectivity index (χ4v) is 2.25. The molecule has 0 saturated heterocycles. The van der Waals surface area contributed by atoms with Crippen LogP contribution < -0.4 is 16.4 Å². The summed E-state index contributed by atoms with van der Waals surface area (Å²) in [5.41, 5.74) is 8.42. The van der Waals surface area contributed by atoms with E-state index in [0.29, 0.717) is 29.7 Å². The van der Waals surface area contributed by atoms with Gasteiger partial charge in [0, 0.05) is 19.8 Å². The number of aryl methyl sites for hydroxylation is 1. The van der Waals surface area contributed by atoms with Crippen molar-refractivity contribution in [3.8, 4) is 11.5 Å². The molecule has 0 bridgehead atoms. The van der Waals surface area contributed by atoms with E-state index in [0.717, 1.165) is 17.0 Å². The molecule has 0 saturated carbocycles. The van der Waals surface area contributed by atoms with Gasteiger partial charge in [0.2, 0.25) is 0 Å². The summed E-state index contributed by atoms with van der Waals surface area (Å²) in [5, 5.41) is 6.27. The Morgan fingerprint density at radius 1 is 1.22 bits per heavy atom. The molecule has 7 heteroatoms. The Morgan fingerprint density at radius 3 is 2.74 bits per heavy atom. The maximum atomic E-state index is 5.90. The van der Waals surface area contributed by atoms with Gasteiger partial charge >= 0.3 is 0 Å². The molecular formula is C16H18N6O. The van der Waals surface area contributed by atoms with Gasteiger partial charge in [0.1, 0.15) is 17.2 Å². The first-order valence-corrected chi connectivity index (χ1v) is 7.22. The van der Waals surface area contributed by atoms with E-state index in [-0.39, 0.29) is 0 Å². The van der Waals surface area contributed by atoms with Crippen LogP contribution in [0.15, 0.2) is 41.1 Å². The summed E-state index contributed by atoms with van der Waals surface area (Å²) in [4.78, 5) is 12.9. The molecule has 0 unspecified atom stereocenters. The fourth-order valence-electron chi connectivity index (χ4n) is 2.25. The quantitative estimate of drug-likeness (QED) is 0.666. The van der Waals surface area contributed by atoms with Crippen molar-refractivity contribution >= 4 is 17.3 Å². The molecule has 23 heavy (non-hydrogen) atoms. The topological polar surface area (TPSA) is 102 Å². The number of furan rings is 1. The minimum atomic E-state index is 0.425. The molecule has 3 aromatic rings. The fraction of sp³-hybridized carbons (Fsp3) is 0.188. The Balaban J connectivity index is 1.74. The van der Waals surface area contributed by atoms with Crippen LogP contribution in [-0.4, -0.2) is 22.0 Å². The third-order valence-electron chi connectivity index (χ3n) is 3.36. The number of nitrogens with zero attached hydrogens (tertiary/aromatic N) is 3. The molecule has 0 radical (unpaired) electrons. The van der Waals surface area contributed by atoms with E-state index in [9.17, 15) is 0 Å². The van der Waals surface area contributed by atoms with Gasteiger partial charge in [0.05, 0.1) is 6.26 Å². The number of nitrogen functional groups attached to an aromatic ring is 1. The normalized spacial score (nSPS) is 10.5. The number of rotatable bonds is 5. The highest BCUT2D eigenvalue weighted by Crippen LogP contribution is 2.25. The molecule has 0 spiro atoms. The number of hydrogen-bond donors (Lipinski definition) is 3. The van der Waals surface area contributed by atoms with Crippen LogP contribution in [0.4, 0.5) is 17.3 Å². The second kappa shape index (κ2) is 6.35. The summed E-state index contributed by atoms with van der Waals surface area (Å²) in [6.07, 6.45) is 3.44. The Kier molecular flexibility index (Phi) is 4.09. The van der Waals surface area contributed by atoms with Crippen LogP contribution in [0.25, 0.3) is 11.5 Å². The van der Waals surface area contributed by atoms with Crippen LogP contribution in [0, 0.1) is 6.92 Å². The molecular weight excluding hydrogens is 292 g/mol. The van der Waals surface area contributed by atoms with Gasteiger partial charge in [-0.25, -0.2) is 9.97 Å². The molecule has 0 aliphatic heterocycles. The zero-order valence-corrected chi connectivity index (χ0v) is 13.0. The van der Waals surface area contributed by atoms with Crippen LogP contribution >= 0.6 is 0 Å². The number of hydrogen-bond acceptors (Lipinski definition) is 7. The number of nitrogens with one attached hydrogen (secondary N) is 2. The summed E-state index contributed by atoms with van der Waals surface area (Å²) in [5.74, 6) is 2.47. The van der Waals surface area contributed by atoms with Crippen molar-refractivity contribution in [3.05, 3.63) is 48.1 Å². The summed E-state index contributed by atoms with van der Waals surface area (Å²) in [6, 6.07) is 7.64. The maximum Gasteiger partial charge on any atom is 0.155 e. The van der Waals surface area contributed by atoms with E-state index >= 15 is 0 Å². The van der Waals surface area contributed by atoms with Crippen molar-refractivity contribution in [1.29, 1.82) is 0 Å². The third kappa shape index (κ3) is 3.23. The summed E-state index contributed by atoms with van der Waals surface area (Å²) in [7, 11) is 1.79. The van der Waals surface area contributed by atoms with Crippen molar-refractivity contribution in [2.45, 2.75) is 13.5 Å². The first kappa shape index (κ1) is 14.8. The van der Waals surface area contributed by atoms with Crippen LogP contribution in [0.5, 0.6) is 0 Å². The summed E-state index contributed by atoms with van der Waals surface area (Å²) < 4.78 is 5.33. The second-order valence-electron chi connectivity index (χ2n) is 5.01. The Labute approximate surface area is 134 Å². The van der Waals surface area contributed by atoms with E-state index in [1.807, 2.05) is 24.3 Å². The minimum Gasteiger partial charge on any atom is -0.463 e. The predicted molar refractivity (Wildman–Crippen MR) is 90.0 cm³/mol. The lowest BCUT2D eigenvalue weighted by Crippen LogP contribution is -2.10. The number of anilines is 3. The zero-order valence-electron chi connectivity index (χ0n) is 13.0. The monoisotopic (exact) mass is 310 g/mol. The lowest BCUT2D eigenvalue weighted by molar-refractivity contribution is 0.580. The highest BCUT2D eigenvalue weighted by Gasteiger charge is 2.09. The first-order valence-electron chi connectivity index (χ1n) is 7.22. The van der Waals surface area contributed by atoms with Crippen LogP contribution in [0.2, 0.25) is 0 Å². The molecule has 0 fully saturated rings. The van der Waals surface area contributed by atoms with Crippen molar-refractivity contribution in [2.75, 3.05) is 23.4 Å². The van der Waals surface area contributed by atoms with Crippen molar-refractivity contribution in [2.24, 2.45) is 0 Å². The standard InChI is InChI=1S/C16H18N6O/c1-10-21-15(17)14(18-2)16(22-10)20-9-11-5-6-12(19-8-11)13-4-3-7-23-13/h3-8,18H,9H2,1-2H3,(H3,17,20,21,22). The van der Waals surface area contributed by atoms with Crippen LogP contribution in [0.1, 0.15) is 11.4 Å². The number of nitrogens with two attached hydrogens (primary N) is 1. The molecule has 7 nitrogen and oxygen atoms in total. The van der Waals surface area contributed by atoms with Crippen molar-refractivity contribution in [1.82, 2.24) is 15.0 Å². The van der Waals surface area contributed by atoms with Gasteiger partial charge in [-0.1, -0.05) is 6.07 Å². The Bertz CT molecular complexity index is 783. The smallest absolute Gasteiger partial charge is 0.155 e. The minimum absolute atomic E-state index is 0.425. The molecule has 0 aliphatic carbocycles. The van der Waals surface area contributed by atoms with Gasteiger partial charge in [0.25, 0.3) is 0 Å². The molecule has 3 aromatic heterocycles. The van der Waals surface area contributed by atoms with Gasteiger partial charge < -0.3 is 20.8 Å². The van der Waals surface area contributed by atoms with E-state index in [4.69, 9.17) is 10.2 Å². The SMILES string of the molecule is CNc1c(N)nc(C)nc1NCc1ccc(-c2ccco2)nc1. The van der Waals surface area contributed by atoms with E-state index in [1.54, 1.807) is 26.4 Å².